The van der Waals surface area contributed by atoms with Gasteiger partial charge in [0.2, 0.25) is 0 Å². The zero-order valence-corrected chi connectivity index (χ0v) is 8.92. The normalized spacial score (nSPS) is 12.5. The van der Waals surface area contributed by atoms with E-state index in [9.17, 15) is 4.79 Å². The zero-order chi connectivity index (χ0) is 10.2. The van der Waals surface area contributed by atoms with Crippen LogP contribution in [0.1, 0.15) is 46.3 Å². The number of aromatic nitrogens is 1. The predicted molar refractivity (Wildman–Crippen MR) is 52.1 cm³/mol. The topological polar surface area (TPSA) is 35.1 Å². The van der Waals surface area contributed by atoms with Crippen LogP contribution in [-0.4, -0.2) is 4.74 Å². The quantitative estimate of drug-likeness (QED) is 0.669. The minimum absolute atomic E-state index is 0.0591. The summed E-state index contributed by atoms with van der Waals surface area (Å²) in [5.74, 6) is 1.01. The lowest BCUT2D eigenvalue weighted by Gasteiger charge is -2.17. The van der Waals surface area contributed by atoms with Crippen molar-refractivity contribution in [2.45, 2.75) is 46.1 Å². The van der Waals surface area contributed by atoms with Crippen molar-refractivity contribution < 1.29 is 4.52 Å². The highest BCUT2D eigenvalue weighted by molar-refractivity contribution is 5.00. The highest BCUT2D eigenvalue weighted by atomic mass is 16.5. The number of nitrogens with zero attached hydrogens (tertiary/aromatic N) is 1. The van der Waals surface area contributed by atoms with E-state index in [1.54, 1.807) is 6.07 Å². The Bertz CT molecular complexity index is 339. The fourth-order valence-corrected chi connectivity index (χ4v) is 1.10. The minimum Gasteiger partial charge on any atom is -0.380 e. The van der Waals surface area contributed by atoms with E-state index in [1.165, 1.54) is 4.74 Å². The van der Waals surface area contributed by atoms with Gasteiger partial charge in [0.05, 0.1) is 5.54 Å². The molecule has 3 heteroatoms. The fourth-order valence-electron chi connectivity index (χ4n) is 1.10. The van der Waals surface area contributed by atoms with E-state index in [0.717, 1.165) is 5.76 Å². The van der Waals surface area contributed by atoms with E-state index in [-0.39, 0.29) is 17.0 Å². The van der Waals surface area contributed by atoms with E-state index in [1.807, 2.05) is 34.6 Å². The van der Waals surface area contributed by atoms with Crippen LogP contribution in [0.4, 0.5) is 0 Å². The molecule has 0 bridgehead atoms. The molecule has 0 aliphatic carbocycles. The average molecular weight is 183 g/mol. The molecule has 74 valence electrons. The predicted octanol–water partition coefficient (Wildman–Crippen LogP) is 2.32. The highest BCUT2D eigenvalue weighted by Gasteiger charge is 2.20. The summed E-state index contributed by atoms with van der Waals surface area (Å²) >= 11 is 0. The Morgan fingerprint density at radius 1 is 1.38 bits per heavy atom. The lowest BCUT2D eigenvalue weighted by Crippen LogP contribution is -2.29. The van der Waals surface area contributed by atoms with E-state index >= 15 is 0 Å². The third-order valence-electron chi connectivity index (χ3n) is 1.84. The zero-order valence-electron chi connectivity index (χ0n) is 8.92. The van der Waals surface area contributed by atoms with Crippen LogP contribution < -0.4 is 5.56 Å². The average Bonchev–Trinajstić information content (AvgIpc) is 2.29. The molecule has 0 radical (unpaired) electrons. The maximum absolute atomic E-state index is 11.5. The molecular weight excluding hydrogens is 166 g/mol. The third-order valence-corrected chi connectivity index (χ3v) is 1.84. The number of rotatable bonds is 1. The standard InChI is InChI=1S/C10H17NO2/c1-7(2)8-6-9(12)11(13-8)10(3,4)5/h6-7H,1-5H3. The van der Waals surface area contributed by atoms with Crippen molar-refractivity contribution in [3.05, 3.63) is 22.2 Å². The molecule has 1 rings (SSSR count). The van der Waals surface area contributed by atoms with Gasteiger partial charge in [-0.1, -0.05) is 13.8 Å². The van der Waals surface area contributed by atoms with Crippen molar-refractivity contribution in [3.8, 4) is 0 Å². The van der Waals surface area contributed by atoms with Crippen LogP contribution >= 0.6 is 0 Å². The number of hydrogen-bond donors (Lipinski definition) is 0. The summed E-state index contributed by atoms with van der Waals surface area (Å²) in [6, 6.07) is 1.57. The van der Waals surface area contributed by atoms with Crippen LogP contribution in [-0.2, 0) is 5.54 Å². The van der Waals surface area contributed by atoms with Gasteiger partial charge in [-0.2, -0.15) is 4.74 Å². The van der Waals surface area contributed by atoms with Gasteiger partial charge in [0.1, 0.15) is 5.76 Å². The molecule has 1 heterocycles. The van der Waals surface area contributed by atoms with Crippen molar-refractivity contribution in [2.24, 2.45) is 0 Å². The molecule has 0 aliphatic heterocycles. The SMILES string of the molecule is CC(C)c1cc(=O)n(C(C)(C)C)o1. The molecule has 1 aromatic heterocycles. The maximum Gasteiger partial charge on any atom is 0.283 e. The largest absolute Gasteiger partial charge is 0.380 e. The van der Waals surface area contributed by atoms with Crippen molar-refractivity contribution in [3.63, 3.8) is 0 Å². The van der Waals surface area contributed by atoms with E-state index < -0.39 is 0 Å². The van der Waals surface area contributed by atoms with Gasteiger partial charge in [-0.15, -0.1) is 0 Å². The summed E-state index contributed by atoms with van der Waals surface area (Å²) in [5.41, 5.74) is -0.333. The Kier molecular flexibility index (Phi) is 2.37. The Morgan fingerprint density at radius 3 is 2.15 bits per heavy atom. The minimum atomic E-state index is -0.274. The van der Waals surface area contributed by atoms with Gasteiger partial charge in [0, 0.05) is 12.0 Å². The first kappa shape index (κ1) is 10.1. The van der Waals surface area contributed by atoms with Crippen molar-refractivity contribution in [1.82, 2.24) is 4.74 Å². The molecule has 0 unspecified atom stereocenters. The summed E-state index contributed by atoms with van der Waals surface area (Å²) in [6.45, 7) is 9.85. The van der Waals surface area contributed by atoms with Crippen molar-refractivity contribution >= 4 is 0 Å². The van der Waals surface area contributed by atoms with Gasteiger partial charge in [-0.3, -0.25) is 4.79 Å². The maximum atomic E-state index is 11.5. The molecule has 13 heavy (non-hydrogen) atoms. The van der Waals surface area contributed by atoms with Crippen LogP contribution in [0.2, 0.25) is 0 Å². The Labute approximate surface area is 78.3 Å². The molecule has 0 fully saturated rings. The Morgan fingerprint density at radius 2 is 1.92 bits per heavy atom. The van der Waals surface area contributed by atoms with Gasteiger partial charge in [0.15, 0.2) is 0 Å². The van der Waals surface area contributed by atoms with Crippen LogP contribution in [0, 0.1) is 0 Å². The van der Waals surface area contributed by atoms with Gasteiger partial charge in [-0.05, 0) is 20.8 Å². The molecule has 0 aliphatic rings. The van der Waals surface area contributed by atoms with E-state index in [2.05, 4.69) is 0 Å². The van der Waals surface area contributed by atoms with Gasteiger partial charge in [0.25, 0.3) is 5.56 Å². The van der Waals surface area contributed by atoms with Crippen molar-refractivity contribution in [2.75, 3.05) is 0 Å². The Balaban J connectivity index is 3.19. The first-order valence-electron chi connectivity index (χ1n) is 4.56. The molecule has 0 atom stereocenters. The summed E-state index contributed by atoms with van der Waals surface area (Å²) in [4.78, 5) is 11.5. The third kappa shape index (κ3) is 2.02. The van der Waals surface area contributed by atoms with Crippen LogP contribution in [0.15, 0.2) is 15.4 Å². The first-order valence-corrected chi connectivity index (χ1v) is 4.56. The molecule has 0 saturated carbocycles. The van der Waals surface area contributed by atoms with Crippen LogP contribution in [0.5, 0.6) is 0 Å². The molecule has 0 N–H and O–H groups in total. The second kappa shape index (κ2) is 3.05. The molecule has 0 aromatic carbocycles. The lowest BCUT2D eigenvalue weighted by atomic mass is 10.1. The monoisotopic (exact) mass is 183 g/mol. The summed E-state index contributed by atoms with van der Waals surface area (Å²) in [5, 5.41) is 0. The van der Waals surface area contributed by atoms with Gasteiger partial charge >= 0.3 is 0 Å². The van der Waals surface area contributed by atoms with Gasteiger partial charge < -0.3 is 4.52 Å². The smallest absolute Gasteiger partial charge is 0.283 e. The van der Waals surface area contributed by atoms with E-state index in [0.29, 0.717) is 0 Å². The molecule has 1 aromatic rings. The molecule has 0 amide bonds. The second-order valence-corrected chi connectivity index (χ2v) is 4.60. The highest BCUT2D eigenvalue weighted by Crippen LogP contribution is 2.17. The van der Waals surface area contributed by atoms with Crippen LogP contribution in [0.25, 0.3) is 0 Å². The van der Waals surface area contributed by atoms with Gasteiger partial charge in [-0.25, -0.2) is 0 Å². The molecule has 0 saturated heterocycles. The van der Waals surface area contributed by atoms with E-state index in [4.69, 9.17) is 4.52 Å². The molecular formula is C10H17NO2. The van der Waals surface area contributed by atoms with Crippen molar-refractivity contribution in [1.29, 1.82) is 0 Å². The fraction of sp³-hybridized carbons (Fsp3) is 0.700. The second-order valence-electron chi connectivity index (χ2n) is 4.60. The first-order chi connectivity index (χ1) is 5.82. The lowest BCUT2D eigenvalue weighted by molar-refractivity contribution is 0.144. The summed E-state index contributed by atoms with van der Waals surface area (Å²) in [6.07, 6.45) is 0. The number of hydrogen-bond acceptors (Lipinski definition) is 2. The summed E-state index contributed by atoms with van der Waals surface area (Å²) in [7, 11) is 0. The van der Waals surface area contributed by atoms with Crippen LogP contribution in [0.3, 0.4) is 0 Å². The summed E-state index contributed by atoms with van der Waals surface area (Å²) < 4.78 is 6.86. The molecule has 0 spiro atoms. The molecule has 3 nitrogen and oxygen atoms in total. The Hall–Kier alpha value is -0.990.